The molecule has 5 nitrogen and oxygen atoms in total. The number of carbonyl (C=O) groups excluding carboxylic acids is 1. The molecule has 286 valence electrons. The Balaban J connectivity index is 3.63. The summed E-state index contributed by atoms with van der Waals surface area (Å²) in [5, 5.41) is 33.1. The zero-order chi connectivity index (χ0) is 35.2. The number of hydrogen-bond acceptors (Lipinski definition) is 4. The van der Waals surface area contributed by atoms with Gasteiger partial charge in [0.2, 0.25) is 5.91 Å². The smallest absolute Gasteiger partial charge is 0.249 e. The maximum absolute atomic E-state index is 12.4. The standard InChI is InChI=1S/C43H85NO4/c1-3-5-7-9-11-13-15-17-19-20-21-22-23-24-26-28-30-32-34-36-38-42(47)43(48)44-40(39-45)41(46)37-35-33-31-29-27-25-18-16-14-12-10-8-6-4-2/h35,37,40-42,45-47H,3-34,36,38-39H2,1-2H3,(H,44,48). The average Bonchev–Trinajstić information content (AvgIpc) is 3.09. The molecule has 5 heteroatoms. The molecule has 0 bridgehead atoms. The van der Waals surface area contributed by atoms with Gasteiger partial charge in [-0.2, -0.15) is 0 Å². The van der Waals surface area contributed by atoms with Crippen molar-refractivity contribution in [2.45, 2.75) is 250 Å². The minimum atomic E-state index is -1.09. The summed E-state index contributed by atoms with van der Waals surface area (Å²) in [6.07, 6.45) is 45.2. The molecule has 0 rings (SSSR count). The summed E-state index contributed by atoms with van der Waals surface area (Å²) in [6.45, 7) is 4.19. The fourth-order valence-electron chi connectivity index (χ4n) is 6.71. The summed E-state index contributed by atoms with van der Waals surface area (Å²) in [6, 6.07) is -0.791. The lowest BCUT2D eigenvalue weighted by Crippen LogP contribution is -2.48. The van der Waals surface area contributed by atoms with Gasteiger partial charge in [0.05, 0.1) is 18.8 Å². The van der Waals surface area contributed by atoms with Gasteiger partial charge in [0.25, 0.3) is 0 Å². The summed E-state index contributed by atoms with van der Waals surface area (Å²) < 4.78 is 0. The lowest BCUT2D eigenvalue weighted by Gasteiger charge is -2.21. The normalized spacial score (nSPS) is 13.7. The van der Waals surface area contributed by atoms with Crippen LogP contribution in [0.2, 0.25) is 0 Å². The van der Waals surface area contributed by atoms with Crippen LogP contribution in [0, 0.1) is 0 Å². The van der Waals surface area contributed by atoms with E-state index < -0.39 is 24.2 Å². The summed E-state index contributed by atoms with van der Waals surface area (Å²) in [4.78, 5) is 12.4. The maximum Gasteiger partial charge on any atom is 0.249 e. The molecular weight excluding hydrogens is 594 g/mol. The summed E-state index contributed by atoms with van der Waals surface area (Å²) in [5.74, 6) is -0.500. The fraction of sp³-hybridized carbons (Fsp3) is 0.930. The van der Waals surface area contributed by atoms with Crippen molar-refractivity contribution in [3.8, 4) is 0 Å². The van der Waals surface area contributed by atoms with Gasteiger partial charge in [0.15, 0.2) is 0 Å². The molecule has 3 unspecified atom stereocenters. The number of unbranched alkanes of at least 4 members (excludes halogenated alkanes) is 31. The lowest BCUT2D eigenvalue weighted by molar-refractivity contribution is -0.131. The van der Waals surface area contributed by atoms with Crippen LogP contribution in [0.1, 0.15) is 232 Å². The van der Waals surface area contributed by atoms with Crippen LogP contribution in [0.4, 0.5) is 0 Å². The van der Waals surface area contributed by atoms with E-state index in [0.29, 0.717) is 6.42 Å². The van der Waals surface area contributed by atoms with Crippen LogP contribution in [-0.4, -0.2) is 46.1 Å². The first kappa shape index (κ1) is 47.1. The first-order chi connectivity index (χ1) is 23.6. The highest BCUT2D eigenvalue weighted by molar-refractivity contribution is 5.80. The molecule has 0 aromatic rings. The van der Waals surface area contributed by atoms with Crippen molar-refractivity contribution in [1.29, 1.82) is 0 Å². The van der Waals surface area contributed by atoms with E-state index in [0.717, 1.165) is 32.1 Å². The highest BCUT2D eigenvalue weighted by Crippen LogP contribution is 2.16. The van der Waals surface area contributed by atoms with Crippen LogP contribution >= 0.6 is 0 Å². The van der Waals surface area contributed by atoms with Gasteiger partial charge in [-0.15, -0.1) is 0 Å². The van der Waals surface area contributed by atoms with Gasteiger partial charge >= 0.3 is 0 Å². The van der Waals surface area contributed by atoms with Gasteiger partial charge in [0.1, 0.15) is 6.10 Å². The van der Waals surface area contributed by atoms with E-state index in [1.807, 2.05) is 6.08 Å². The van der Waals surface area contributed by atoms with Crippen LogP contribution in [0.15, 0.2) is 12.2 Å². The molecule has 0 saturated heterocycles. The predicted octanol–water partition coefficient (Wildman–Crippen LogP) is 12.0. The van der Waals surface area contributed by atoms with Crippen molar-refractivity contribution in [3.05, 3.63) is 12.2 Å². The Morgan fingerprint density at radius 3 is 1.15 bits per heavy atom. The number of nitrogens with one attached hydrogen (secondary N) is 1. The first-order valence-corrected chi connectivity index (χ1v) is 21.5. The Hall–Kier alpha value is -0.910. The predicted molar refractivity (Wildman–Crippen MR) is 208 cm³/mol. The Morgan fingerprint density at radius 1 is 0.500 bits per heavy atom. The Labute approximate surface area is 299 Å². The monoisotopic (exact) mass is 680 g/mol. The third-order valence-corrected chi connectivity index (χ3v) is 10.1. The molecule has 0 aliphatic rings. The number of amides is 1. The number of aliphatic hydroxyl groups excluding tert-OH is 3. The van der Waals surface area contributed by atoms with Crippen molar-refractivity contribution >= 4 is 5.91 Å². The summed E-state index contributed by atoms with van der Waals surface area (Å²) >= 11 is 0. The zero-order valence-corrected chi connectivity index (χ0v) is 32.4. The van der Waals surface area contributed by atoms with Crippen LogP contribution in [0.5, 0.6) is 0 Å². The molecule has 0 fully saturated rings. The molecule has 48 heavy (non-hydrogen) atoms. The summed E-state index contributed by atoms with van der Waals surface area (Å²) in [7, 11) is 0. The highest BCUT2D eigenvalue weighted by Gasteiger charge is 2.22. The Bertz CT molecular complexity index is 669. The number of allylic oxidation sites excluding steroid dienone is 1. The van der Waals surface area contributed by atoms with Gasteiger partial charge < -0.3 is 20.6 Å². The molecule has 4 N–H and O–H groups in total. The number of rotatable bonds is 39. The van der Waals surface area contributed by atoms with Crippen LogP contribution in [-0.2, 0) is 4.79 Å². The first-order valence-electron chi connectivity index (χ1n) is 21.5. The van der Waals surface area contributed by atoms with Crippen molar-refractivity contribution in [2.24, 2.45) is 0 Å². The van der Waals surface area contributed by atoms with E-state index in [1.165, 1.54) is 180 Å². The minimum Gasteiger partial charge on any atom is -0.394 e. The van der Waals surface area contributed by atoms with Gasteiger partial charge in [-0.25, -0.2) is 0 Å². The largest absolute Gasteiger partial charge is 0.394 e. The van der Waals surface area contributed by atoms with E-state index >= 15 is 0 Å². The maximum atomic E-state index is 12.4. The Morgan fingerprint density at radius 2 is 0.812 bits per heavy atom. The third kappa shape index (κ3) is 33.6. The van der Waals surface area contributed by atoms with E-state index in [-0.39, 0.29) is 6.61 Å². The number of carbonyl (C=O) groups is 1. The molecular formula is C43H85NO4. The fourth-order valence-corrected chi connectivity index (χ4v) is 6.71. The van der Waals surface area contributed by atoms with Gasteiger partial charge in [-0.3, -0.25) is 4.79 Å². The zero-order valence-electron chi connectivity index (χ0n) is 32.4. The molecule has 0 spiro atoms. The SMILES string of the molecule is CCCCCCCCCCCCCCC=CC(O)C(CO)NC(=O)C(O)CCCCCCCCCCCCCCCCCCCCCC. The Kier molecular flexibility index (Phi) is 38.1. The third-order valence-electron chi connectivity index (χ3n) is 10.1. The number of aliphatic hydroxyl groups is 3. The second kappa shape index (κ2) is 38.9. The van der Waals surface area contributed by atoms with Crippen LogP contribution in [0.3, 0.4) is 0 Å². The summed E-state index contributed by atoms with van der Waals surface area (Å²) in [5.41, 5.74) is 0. The molecule has 0 saturated carbocycles. The van der Waals surface area contributed by atoms with Crippen LogP contribution < -0.4 is 5.32 Å². The molecule has 0 aliphatic heterocycles. The van der Waals surface area contributed by atoms with E-state index in [9.17, 15) is 20.1 Å². The molecule has 0 heterocycles. The quantitative estimate of drug-likeness (QED) is 0.0384. The van der Waals surface area contributed by atoms with Crippen LogP contribution in [0.25, 0.3) is 0 Å². The van der Waals surface area contributed by atoms with E-state index in [1.54, 1.807) is 6.08 Å². The van der Waals surface area contributed by atoms with Crippen molar-refractivity contribution < 1.29 is 20.1 Å². The molecule has 3 atom stereocenters. The second-order valence-corrected chi connectivity index (χ2v) is 14.9. The van der Waals surface area contributed by atoms with Crippen molar-refractivity contribution in [2.75, 3.05) is 6.61 Å². The topological polar surface area (TPSA) is 89.8 Å². The van der Waals surface area contributed by atoms with E-state index in [4.69, 9.17) is 0 Å². The second-order valence-electron chi connectivity index (χ2n) is 14.9. The average molecular weight is 680 g/mol. The number of hydrogen-bond donors (Lipinski definition) is 4. The molecule has 0 aromatic heterocycles. The van der Waals surface area contributed by atoms with Crippen molar-refractivity contribution in [3.63, 3.8) is 0 Å². The minimum absolute atomic E-state index is 0.359. The molecule has 0 aliphatic carbocycles. The van der Waals surface area contributed by atoms with Gasteiger partial charge in [-0.05, 0) is 19.3 Å². The molecule has 0 radical (unpaired) electrons. The van der Waals surface area contributed by atoms with E-state index in [2.05, 4.69) is 19.2 Å². The van der Waals surface area contributed by atoms with Gasteiger partial charge in [0, 0.05) is 0 Å². The molecule has 0 aromatic carbocycles. The molecule has 1 amide bonds. The van der Waals surface area contributed by atoms with Gasteiger partial charge in [-0.1, -0.05) is 225 Å². The lowest BCUT2D eigenvalue weighted by atomic mass is 10.0. The van der Waals surface area contributed by atoms with Crippen molar-refractivity contribution in [1.82, 2.24) is 5.32 Å². The highest BCUT2D eigenvalue weighted by atomic mass is 16.3.